The van der Waals surface area contributed by atoms with Crippen LogP contribution in [0.25, 0.3) is 0 Å². The summed E-state index contributed by atoms with van der Waals surface area (Å²) >= 11 is 3.13. The topological polar surface area (TPSA) is 98.0 Å². The van der Waals surface area contributed by atoms with Gasteiger partial charge in [-0.05, 0) is 36.7 Å². The fraction of sp³-hybridized carbons (Fsp3) is 0.600. The second-order valence-corrected chi connectivity index (χ2v) is 7.29. The molecule has 1 amide bonds. The van der Waals surface area contributed by atoms with Crippen LogP contribution in [0.15, 0.2) is 10.7 Å². The summed E-state index contributed by atoms with van der Waals surface area (Å²) in [5.41, 5.74) is -0.699. The molecule has 0 atom stereocenters. The summed E-state index contributed by atoms with van der Waals surface area (Å²) in [5, 5.41) is 11.0. The van der Waals surface area contributed by atoms with Gasteiger partial charge in [-0.25, -0.2) is 9.78 Å². The normalized spacial score (nSPS) is 15.1. The molecule has 0 aromatic carbocycles. The van der Waals surface area contributed by atoms with E-state index in [9.17, 15) is 14.9 Å². The Morgan fingerprint density at radius 1 is 1.32 bits per heavy atom. The van der Waals surface area contributed by atoms with E-state index in [0.717, 1.165) is 0 Å². The third-order valence-electron chi connectivity index (χ3n) is 3.55. The SMILES string of the molecule is COc1cc([N+](=O)[O-])c(Br)nc1N1CCN(C(=O)OC(C)(C)C)CC1. The highest BCUT2D eigenvalue weighted by molar-refractivity contribution is 9.10. The molecule has 1 saturated heterocycles. The Bertz CT molecular complexity index is 669. The van der Waals surface area contributed by atoms with Gasteiger partial charge < -0.3 is 19.3 Å². The van der Waals surface area contributed by atoms with Crippen molar-refractivity contribution in [3.63, 3.8) is 0 Å². The number of nitrogens with zero attached hydrogens (tertiary/aromatic N) is 4. The van der Waals surface area contributed by atoms with Crippen molar-refractivity contribution in [1.82, 2.24) is 9.88 Å². The highest BCUT2D eigenvalue weighted by atomic mass is 79.9. The van der Waals surface area contributed by atoms with Crippen LogP contribution in [0.3, 0.4) is 0 Å². The number of pyridine rings is 1. The van der Waals surface area contributed by atoms with Crippen LogP contribution < -0.4 is 9.64 Å². The van der Waals surface area contributed by atoms with Crippen LogP contribution in [0.1, 0.15) is 20.8 Å². The van der Waals surface area contributed by atoms with Gasteiger partial charge in [0.05, 0.1) is 18.1 Å². The van der Waals surface area contributed by atoms with Crippen molar-refractivity contribution in [2.45, 2.75) is 26.4 Å². The molecule has 0 bridgehead atoms. The Morgan fingerprint density at radius 3 is 2.40 bits per heavy atom. The first-order valence-corrected chi connectivity index (χ1v) is 8.53. The number of carbonyl (C=O) groups is 1. The lowest BCUT2D eigenvalue weighted by molar-refractivity contribution is -0.386. The average molecular weight is 417 g/mol. The summed E-state index contributed by atoms with van der Waals surface area (Å²) < 4.78 is 10.8. The van der Waals surface area contributed by atoms with Gasteiger partial charge in [-0.1, -0.05) is 0 Å². The molecule has 138 valence electrons. The quantitative estimate of drug-likeness (QED) is 0.424. The lowest BCUT2D eigenvalue weighted by Crippen LogP contribution is -2.50. The zero-order valence-electron chi connectivity index (χ0n) is 14.6. The van der Waals surface area contributed by atoms with Crippen LogP contribution in [0.5, 0.6) is 5.75 Å². The number of hydrogen-bond donors (Lipinski definition) is 0. The largest absolute Gasteiger partial charge is 0.493 e. The maximum atomic E-state index is 12.1. The summed E-state index contributed by atoms with van der Waals surface area (Å²) in [5.74, 6) is 0.824. The molecule has 1 aliphatic rings. The molecule has 10 heteroatoms. The lowest BCUT2D eigenvalue weighted by Gasteiger charge is -2.36. The van der Waals surface area contributed by atoms with Crippen LogP contribution in [0.2, 0.25) is 0 Å². The van der Waals surface area contributed by atoms with Crippen molar-refractivity contribution in [2.75, 3.05) is 38.2 Å². The predicted molar refractivity (Wildman–Crippen MR) is 95.2 cm³/mol. The number of amides is 1. The first kappa shape index (κ1) is 19.2. The number of anilines is 1. The molecule has 1 aromatic heterocycles. The Labute approximate surface area is 154 Å². The first-order valence-electron chi connectivity index (χ1n) is 7.74. The summed E-state index contributed by atoms with van der Waals surface area (Å²) in [6.07, 6.45) is -0.350. The van der Waals surface area contributed by atoms with Gasteiger partial charge in [0.25, 0.3) is 0 Å². The van der Waals surface area contributed by atoms with E-state index in [0.29, 0.717) is 37.7 Å². The van der Waals surface area contributed by atoms with Crippen molar-refractivity contribution in [2.24, 2.45) is 0 Å². The molecule has 1 aromatic rings. The summed E-state index contributed by atoms with van der Waals surface area (Å²) in [6, 6.07) is 1.34. The number of carbonyl (C=O) groups excluding carboxylic acids is 1. The zero-order chi connectivity index (χ0) is 18.8. The van der Waals surface area contributed by atoms with Gasteiger partial charge in [0.2, 0.25) is 0 Å². The fourth-order valence-corrected chi connectivity index (χ4v) is 2.81. The first-order chi connectivity index (χ1) is 11.6. The van der Waals surface area contributed by atoms with Crippen LogP contribution in [-0.4, -0.2) is 59.8 Å². The minimum atomic E-state index is -0.539. The number of ether oxygens (including phenoxy) is 2. The number of aromatic nitrogens is 1. The van der Waals surface area contributed by atoms with Gasteiger partial charge >= 0.3 is 11.8 Å². The second kappa shape index (κ2) is 7.42. The highest BCUT2D eigenvalue weighted by Crippen LogP contribution is 2.35. The maximum Gasteiger partial charge on any atom is 0.410 e. The van der Waals surface area contributed by atoms with Crippen molar-refractivity contribution < 1.29 is 19.2 Å². The number of piperazine rings is 1. The molecule has 0 saturated carbocycles. The smallest absolute Gasteiger partial charge is 0.410 e. The van der Waals surface area contributed by atoms with E-state index in [1.807, 2.05) is 25.7 Å². The molecule has 25 heavy (non-hydrogen) atoms. The standard InChI is InChI=1S/C15H21BrN4O5/c1-15(2,3)25-14(21)19-7-5-18(6-8-19)13-11(24-4)9-10(20(22)23)12(16)17-13/h9H,5-8H2,1-4H3. The van der Waals surface area contributed by atoms with Gasteiger partial charge in [-0.3, -0.25) is 10.1 Å². The Hall–Kier alpha value is -2.10. The van der Waals surface area contributed by atoms with Crippen molar-refractivity contribution in [3.05, 3.63) is 20.8 Å². The van der Waals surface area contributed by atoms with Crippen LogP contribution in [0.4, 0.5) is 16.3 Å². The lowest BCUT2D eigenvalue weighted by atomic mass is 10.2. The number of halogens is 1. The average Bonchev–Trinajstić information content (AvgIpc) is 2.52. The predicted octanol–water partition coefficient (Wildman–Crippen LogP) is 2.82. The Balaban J connectivity index is 2.11. The van der Waals surface area contributed by atoms with E-state index in [1.54, 1.807) is 4.90 Å². The molecular weight excluding hydrogens is 396 g/mol. The van der Waals surface area contributed by atoms with Crippen molar-refractivity contribution in [1.29, 1.82) is 0 Å². The minimum absolute atomic E-state index is 0.142. The fourth-order valence-electron chi connectivity index (χ4n) is 2.39. The van der Waals surface area contributed by atoms with E-state index in [-0.39, 0.29) is 16.4 Å². The van der Waals surface area contributed by atoms with Gasteiger partial charge in [0.15, 0.2) is 16.2 Å². The third kappa shape index (κ3) is 4.71. The monoisotopic (exact) mass is 416 g/mol. The minimum Gasteiger partial charge on any atom is -0.493 e. The van der Waals surface area contributed by atoms with E-state index >= 15 is 0 Å². The molecule has 2 rings (SSSR count). The van der Waals surface area contributed by atoms with Crippen LogP contribution in [0, 0.1) is 10.1 Å². The zero-order valence-corrected chi connectivity index (χ0v) is 16.2. The van der Waals surface area contributed by atoms with E-state index in [2.05, 4.69) is 20.9 Å². The van der Waals surface area contributed by atoms with Crippen LogP contribution in [-0.2, 0) is 4.74 Å². The summed E-state index contributed by atoms with van der Waals surface area (Å²) in [7, 11) is 1.44. The number of methoxy groups -OCH3 is 1. The molecule has 0 unspecified atom stereocenters. The van der Waals surface area contributed by atoms with E-state index < -0.39 is 10.5 Å². The maximum absolute atomic E-state index is 12.1. The summed E-state index contributed by atoms with van der Waals surface area (Å²) in [4.78, 5) is 30.4. The molecular formula is C15H21BrN4O5. The number of rotatable bonds is 3. The van der Waals surface area contributed by atoms with Gasteiger partial charge in [0.1, 0.15) is 5.60 Å². The molecule has 1 aliphatic heterocycles. The molecule has 0 radical (unpaired) electrons. The number of nitro groups is 1. The summed E-state index contributed by atoms with van der Waals surface area (Å²) in [6.45, 7) is 7.45. The van der Waals surface area contributed by atoms with E-state index in [1.165, 1.54) is 13.2 Å². The van der Waals surface area contributed by atoms with Crippen molar-refractivity contribution >= 4 is 33.5 Å². The van der Waals surface area contributed by atoms with Gasteiger partial charge in [-0.2, -0.15) is 0 Å². The molecule has 0 N–H and O–H groups in total. The molecule has 1 fully saturated rings. The molecule has 0 spiro atoms. The van der Waals surface area contributed by atoms with Crippen LogP contribution >= 0.6 is 15.9 Å². The second-order valence-electron chi connectivity index (χ2n) is 6.54. The molecule has 9 nitrogen and oxygen atoms in total. The van der Waals surface area contributed by atoms with E-state index in [4.69, 9.17) is 9.47 Å². The Kier molecular flexibility index (Phi) is 5.71. The van der Waals surface area contributed by atoms with Crippen molar-refractivity contribution in [3.8, 4) is 5.75 Å². The molecule has 0 aliphatic carbocycles. The van der Waals surface area contributed by atoms with Gasteiger partial charge in [0, 0.05) is 26.2 Å². The number of hydrogen-bond acceptors (Lipinski definition) is 7. The Morgan fingerprint density at radius 2 is 1.92 bits per heavy atom. The third-order valence-corrected chi connectivity index (χ3v) is 4.13. The highest BCUT2D eigenvalue weighted by Gasteiger charge is 2.29. The van der Waals surface area contributed by atoms with Gasteiger partial charge in [-0.15, -0.1) is 0 Å². The molecule has 2 heterocycles.